The van der Waals surface area contributed by atoms with E-state index in [0.29, 0.717) is 23.3 Å². The number of benzene rings is 1. The molecular weight excluding hydrogens is 390 g/mol. The van der Waals surface area contributed by atoms with Crippen LogP contribution in [0.4, 0.5) is 0 Å². The van der Waals surface area contributed by atoms with Gasteiger partial charge in [-0.3, -0.25) is 4.79 Å². The van der Waals surface area contributed by atoms with Crippen molar-refractivity contribution in [3.63, 3.8) is 0 Å². The number of allylic oxidation sites excluding steroid dienone is 3. The summed E-state index contributed by atoms with van der Waals surface area (Å²) in [6.07, 6.45) is 7.31. The fourth-order valence-corrected chi connectivity index (χ4v) is 5.04. The number of nitrogens with one attached hydrogen (secondary N) is 1. The highest BCUT2D eigenvalue weighted by Crippen LogP contribution is 2.45. The molecule has 0 unspecified atom stereocenters. The Balaban J connectivity index is 1.77. The second-order valence-electron chi connectivity index (χ2n) is 9.14. The van der Waals surface area contributed by atoms with Gasteiger partial charge in [-0.15, -0.1) is 0 Å². The Kier molecular flexibility index (Phi) is 6.49. The van der Waals surface area contributed by atoms with Gasteiger partial charge in [-0.2, -0.15) is 0 Å². The van der Waals surface area contributed by atoms with Gasteiger partial charge in [0.25, 0.3) is 0 Å². The lowest BCUT2D eigenvalue weighted by molar-refractivity contribution is -0.146. The number of dihydropyridines is 1. The van der Waals surface area contributed by atoms with E-state index in [1.165, 1.54) is 6.42 Å². The largest absolute Gasteiger partial charge is 0.491 e. The smallest absolute Gasteiger partial charge is 0.337 e. The first-order valence-electron chi connectivity index (χ1n) is 11.7. The molecule has 1 aromatic carbocycles. The van der Waals surface area contributed by atoms with Crippen molar-refractivity contribution < 1.29 is 19.1 Å². The molecule has 31 heavy (non-hydrogen) atoms. The van der Waals surface area contributed by atoms with Gasteiger partial charge in [0.05, 0.1) is 17.6 Å². The summed E-state index contributed by atoms with van der Waals surface area (Å²) >= 11 is 0. The summed E-state index contributed by atoms with van der Waals surface area (Å²) in [6.45, 7) is 5.88. The first-order valence-corrected chi connectivity index (χ1v) is 11.7. The van der Waals surface area contributed by atoms with Gasteiger partial charge in [0, 0.05) is 29.0 Å². The van der Waals surface area contributed by atoms with Crippen LogP contribution in [0.1, 0.15) is 83.6 Å². The number of ether oxygens (including phenoxy) is 2. The molecule has 0 radical (unpaired) electrons. The van der Waals surface area contributed by atoms with E-state index in [2.05, 4.69) is 5.32 Å². The van der Waals surface area contributed by atoms with E-state index in [9.17, 15) is 9.59 Å². The highest BCUT2D eigenvalue weighted by molar-refractivity contribution is 6.04. The van der Waals surface area contributed by atoms with E-state index in [1.54, 1.807) is 0 Å². The fraction of sp³-hybridized carbons (Fsp3) is 0.538. The van der Waals surface area contributed by atoms with Gasteiger partial charge < -0.3 is 14.8 Å². The maximum atomic E-state index is 13.5. The van der Waals surface area contributed by atoms with Crippen molar-refractivity contribution in [2.24, 2.45) is 0 Å². The van der Waals surface area contributed by atoms with Gasteiger partial charge in [0.15, 0.2) is 5.78 Å². The molecule has 0 bridgehead atoms. The summed E-state index contributed by atoms with van der Waals surface area (Å²) in [7, 11) is 0. The number of carbonyl (C=O) groups excluding carboxylic acids is 2. The van der Waals surface area contributed by atoms with Crippen LogP contribution in [0, 0.1) is 0 Å². The maximum absolute atomic E-state index is 13.5. The van der Waals surface area contributed by atoms with Crippen molar-refractivity contribution in [3.05, 3.63) is 52.4 Å². The van der Waals surface area contributed by atoms with Gasteiger partial charge in [-0.1, -0.05) is 24.6 Å². The molecule has 1 aliphatic heterocycles. The number of carbonyl (C=O) groups is 2. The Morgan fingerprint density at radius 1 is 1.06 bits per heavy atom. The molecule has 1 heterocycles. The normalized spacial score (nSPS) is 22.3. The molecule has 1 aromatic rings. The molecule has 4 rings (SSSR count). The van der Waals surface area contributed by atoms with E-state index in [-0.39, 0.29) is 24.0 Å². The predicted octanol–water partition coefficient (Wildman–Crippen LogP) is 5.32. The van der Waals surface area contributed by atoms with Crippen LogP contribution >= 0.6 is 0 Å². The Morgan fingerprint density at radius 2 is 1.81 bits per heavy atom. The van der Waals surface area contributed by atoms with Crippen LogP contribution in [0.5, 0.6) is 5.75 Å². The molecule has 1 fully saturated rings. The number of para-hydroxylation sites is 1. The summed E-state index contributed by atoms with van der Waals surface area (Å²) in [4.78, 5) is 26.6. The first-order chi connectivity index (χ1) is 15.0. The minimum Gasteiger partial charge on any atom is -0.491 e. The summed E-state index contributed by atoms with van der Waals surface area (Å²) < 4.78 is 12.1. The summed E-state index contributed by atoms with van der Waals surface area (Å²) in [5.41, 5.74) is 3.81. The molecule has 1 atom stereocenters. The minimum absolute atomic E-state index is 0.0129. The van der Waals surface area contributed by atoms with Crippen molar-refractivity contribution in [2.45, 2.75) is 90.3 Å². The number of hydrogen-bond acceptors (Lipinski definition) is 5. The zero-order chi connectivity index (χ0) is 22.0. The molecule has 0 aromatic heterocycles. The Bertz CT molecular complexity index is 921. The zero-order valence-corrected chi connectivity index (χ0v) is 18.8. The number of hydrogen-bond donors (Lipinski definition) is 1. The number of ketones is 1. The molecular formula is C26H33NO4. The maximum Gasteiger partial charge on any atom is 0.337 e. The van der Waals surface area contributed by atoms with E-state index in [1.807, 2.05) is 45.0 Å². The highest BCUT2D eigenvalue weighted by atomic mass is 16.5. The SMILES string of the molecule is CC1=C(C(=O)OC2CCCCC2)[C@@H](c2ccccc2OC(C)C)C2=C(CCCC2=O)N1. The highest BCUT2D eigenvalue weighted by Gasteiger charge is 2.41. The van der Waals surface area contributed by atoms with Crippen LogP contribution in [0.25, 0.3) is 0 Å². The minimum atomic E-state index is -0.463. The van der Waals surface area contributed by atoms with Crippen LogP contribution < -0.4 is 10.1 Å². The number of rotatable bonds is 5. The third-order valence-electron chi connectivity index (χ3n) is 6.41. The van der Waals surface area contributed by atoms with Crippen LogP contribution in [-0.2, 0) is 14.3 Å². The average molecular weight is 424 g/mol. The van der Waals surface area contributed by atoms with Gasteiger partial charge in [0.2, 0.25) is 0 Å². The molecule has 5 heteroatoms. The van der Waals surface area contributed by atoms with Crippen molar-refractivity contribution in [1.82, 2.24) is 5.32 Å². The third-order valence-corrected chi connectivity index (χ3v) is 6.41. The molecule has 0 amide bonds. The lowest BCUT2D eigenvalue weighted by Crippen LogP contribution is -2.35. The van der Waals surface area contributed by atoms with Crippen molar-refractivity contribution in [2.75, 3.05) is 0 Å². The van der Waals surface area contributed by atoms with Crippen molar-refractivity contribution in [1.29, 1.82) is 0 Å². The Labute approximate surface area is 184 Å². The van der Waals surface area contributed by atoms with E-state index >= 15 is 0 Å². The van der Waals surface area contributed by atoms with Crippen LogP contribution in [0.2, 0.25) is 0 Å². The standard InChI is InChI=1S/C26H33NO4/c1-16(2)30-22-15-8-7-12-19(22)24-23(26(29)31-18-10-5-4-6-11-18)17(3)27-20-13-9-14-21(28)25(20)24/h7-8,12,15-16,18,24,27H,4-6,9-11,13-14H2,1-3H3/t24-/m1/s1. The lowest BCUT2D eigenvalue weighted by atomic mass is 9.75. The van der Waals surface area contributed by atoms with E-state index in [0.717, 1.165) is 55.5 Å². The molecule has 0 saturated heterocycles. The quantitative estimate of drug-likeness (QED) is 0.650. The van der Waals surface area contributed by atoms with Crippen LogP contribution in [0.3, 0.4) is 0 Å². The Hall–Kier alpha value is -2.56. The number of Topliss-reactive ketones (excluding diaryl/α,β-unsaturated/α-hetero) is 1. The zero-order valence-electron chi connectivity index (χ0n) is 18.8. The third kappa shape index (κ3) is 4.56. The molecule has 1 N–H and O–H groups in total. The molecule has 0 spiro atoms. The van der Waals surface area contributed by atoms with Gasteiger partial charge in [-0.25, -0.2) is 4.79 Å². The van der Waals surface area contributed by atoms with Crippen LogP contribution in [-0.4, -0.2) is 24.0 Å². The summed E-state index contributed by atoms with van der Waals surface area (Å²) in [5, 5.41) is 3.37. The topological polar surface area (TPSA) is 64.6 Å². The van der Waals surface area contributed by atoms with Gasteiger partial charge >= 0.3 is 5.97 Å². The van der Waals surface area contributed by atoms with Crippen molar-refractivity contribution >= 4 is 11.8 Å². The van der Waals surface area contributed by atoms with Crippen molar-refractivity contribution in [3.8, 4) is 5.75 Å². The lowest BCUT2D eigenvalue weighted by Gasteiger charge is -2.35. The van der Waals surface area contributed by atoms with E-state index < -0.39 is 5.92 Å². The van der Waals surface area contributed by atoms with Gasteiger partial charge in [-0.05, 0) is 65.4 Å². The van der Waals surface area contributed by atoms with E-state index in [4.69, 9.17) is 9.47 Å². The van der Waals surface area contributed by atoms with Crippen LogP contribution in [0.15, 0.2) is 46.8 Å². The average Bonchev–Trinajstić information content (AvgIpc) is 2.73. The molecule has 3 aliphatic rings. The monoisotopic (exact) mass is 423 g/mol. The first kappa shape index (κ1) is 21.7. The Morgan fingerprint density at radius 3 is 2.55 bits per heavy atom. The molecule has 1 saturated carbocycles. The summed E-state index contributed by atoms with van der Waals surface area (Å²) in [6, 6.07) is 7.76. The second-order valence-corrected chi connectivity index (χ2v) is 9.14. The fourth-order valence-electron chi connectivity index (χ4n) is 5.04. The summed E-state index contributed by atoms with van der Waals surface area (Å²) in [5.74, 6) is 0.0419. The second kappa shape index (κ2) is 9.29. The molecule has 2 aliphatic carbocycles. The molecule has 166 valence electrons. The predicted molar refractivity (Wildman–Crippen MR) is 120 cm³/mol. The molecule has 5 nitrogen and oxygen atoms in total. The van der Waals surface area contributed by atoms with Gasteiger partial charge in [0.1, 0.15) is 11.9 Å². The number of esters is 1.